The SMILES string of the molecule is CCCCCC(CCCCCC(C)CC)OS(=O)(=O)O. The minimum absolute atomic E-state index is 0.361. The predicted molar refractivity (Wildman–Crippen MR) is 83.1 cm³/mol. The average Bonchev–Trinajstić information content (AvgIpc) is 2.36. The van der Waals surface area contributed by atoms with Gasteiger partial charge in [0.05, 0.1) is 6.10 Å². The van der Waals surface area contributed by atoms with Crippen molar-refractivity contribution in [3.8, 4) is 0 Å². The Morgan fingerprint density at radius 2 is 1.50 bits per heavy atom. The topological polar surface area (TPSA) is 63.6 Å². The molecule has 4 nitrogen and oxygen atoms in total. The van der Waals surface area contributed by atoms with Crippen molar-refractivity contribution in [1.82, 2.24) is 0 Å². The molecular weight excluding hydrogens is 276 g/mol. The first kappa shape index (κ1) is 19.9. The van der Waals surface area contributed by atoms with Gasteiger partial charge in [-0.2, -0.15) is 8.42 Å². The van der Waals surface area contributed by atoms with Gasteiger partial charge in [0.2, 0.25) is 0 Å². The van der Waals surface area contributed by atoms with Crippen LogP contribution in [0.2, 0.25) is 0 Å². The molecule has 0 saturated heterocycles. The molecule has 0 aliphatic carbocycles. The van der Waals surface area contributed by atoms with E-state index in [1.54, 1.807) is 0 Å². The molecule has 5 heteroatoms. The summed E-state index contributed by atoms with van der Waals surface area (Å²) in [5, 5.41) is 0. The highest BCUT2D eigenvalue weighted by atomic mass is 32.3. The summed E-state index contributed by atoms with van der Waals surface area (Å²) in [5.74, 6) is 0.768. The summed E-state index contributed by atoms with van der Waals surface area (Å²) in [6.07, 6.45) is 9.86. The van der Waals surface area contributed by atoms with Crippen LogP contribution >= 0.6 is 0 Å². The van der Waals surface area contributed by atoms with Crippen molar-refractivity contribution in [1.29, 1.82) is 0 Å². The smallest absolute Gasteiger partial charge is 0.264 e. The quantitative estimate of drug-likeness (QED) is 0.394. The van der Waals surface area contributed by atoms with E-state index in [1.165, 1.54) is 19.3 Å². The summed E-state index contributed by atoms with van der Waals surface area (Å²) in [6, 6.07) is 0. The van der Waals surface area contributed by atoms with E-state index in [2.05, 4.69) is 20.8 Å². The third-order valence-electron chi connectivity index (χ3n) is 3.81. The number of rotatable bonds is 13. The summed E-state index contributed by atoms with van der Waals surface area (Å²) in [5.41, 5.74) is 0. The Bertz CT molecular complexity index is 314. The van der Waals surface area contributed by atoms with E-state index < -0.39 is 10.4 Å². The zero-order valence-electron chi connectivity index (χ0n) is 13.3. The van der Waals surface area contributed by atoms with Crippen LogP contribution in [0, 0.1) is 5.92 Å². The fourth-order valence-electron chi connectivity index (χ4n) is 2.28. The molecule has 0 heterocycles. The van der Waals surface area contributed by atoms with Crippen molar-refractivity contribution < 1.29 is 17.2 Å². The predicted octanol–water partition coefficient (Wildman–Crippen LogP) is 4.75. The lowest BCUT2D eigenvalue weighted by atomic mass is 9.99. The van der Waals surface area contributed by atoms with E-state index in [0.717, 1.165) is 38.0 Å². The highest BCUT2D eigenvalue weighted by Crippen LogP contribution is 2.18. The molecule has 0 aromatic rings. The molecule has 0 aliphatic rings. The van der Waals surface area contributed by atoms with Gasteiger partial charge in [-0.3, -0.25) is 4.55 Å². The Kier molecular flexibility index (Phi) is 11.4. The van der Waals surface area contributed by atoms with Gasteiger partial charge in [0, 0.05) is 0 Å². The second-order valence-electron chi connectivity index (χ2n) is 5.79. The fraction of sp³-hybridized carbons (Fsp3) is 1.00. The van der Waals surface area contributed by atoms with Crippen molar-refractivity contribution >= 4 is 10.4 Å². The molecule has 20 heavy (non-hydrogen) atoms. The number of unbranched alkanes of at least 4 members (excludes halogenated alkanes) is 4. The Hall–Kier alpha value is -0.130. The van der Waals surface area contributed by atoms with E-state index in [-0.39, 0.29) is 6.10 Å². The molecule has 0 radical (unpaired) electrons. The van der Waals surface area contributed by atoms with Crippen LogP contribution < -0.4 is 0 Å². The lowest BCUT2D eigenvalue weighted by Gasteiger charge is -2.15. The molecule has 0 rings (SSSR count). The summed E-state index contributed by atoms with van der Waals surface area (Å²) in [4.78, 5) is 0. The molecule has 0 aliphatic heterocycles. The zero-order valence-corrected chi connectivity index (χ0v) is 14.1. The molecule has 0 spiro atoms. The Morgan fingerprint density at radius 3 is 2.00 bits per heavy atom. The van der Waals surface area contributed by atoms with Crippen LogP contribution in [0.15, 0.2) is 0 Å². The summed E-state index contributed by atoms with van der Waals surface area (Å²) in [7, 11) is -4.32. The van der Waals surface area contributed by atoms with Gasteiger partial charge in [0.15, 0.2) is 0 Å². The van der Waals surface area contributed by atoms with E-state index in [0.29, 0.717) is 12.8 Å². The normalized spacial score (nSPS) is 15.2. The monoisotopic (exact) mass is 308 g/mol. The molecule has 0 fully saturated rings. The first-order chi connectivity index (χ1) is 9.39. The van der Waals surface area contributed by atoms with Gasteiger partial charge in [-0.25, -0.2) is 4.18 Å². The summed E-state index contributed by atoms with van der Waals surface area (Å²) >= 11 is 0. The average molecular weight is 308 g/mol. The summed E-state index contributed by atoms with van der Waals surface area (Å²) < 4.78 is 35.2. The van der Waals surface area contributed by atoms with E-state index >= 15 is 0 Å². The molecule has 122 valence electrons. The van der Waals surface area contributed by atoms with Crippen LogP contribution in [0.25, 0.3) is 0 Å². The number of hydrogen-bond acceptors (Lipinski definition) is 3. The maximum atomic E-state index is 10.8. The highest BCUT2D eigenvalue weighted by molar-refractivity contribution is 7.80. The molecule has 2 atom stereocenters. The minimum atomic E-state index is -4.32. The van der Waals surface area contributed by atoms with Gasteiger partial charge in [-0.1, -0.05) is 72.1 Å². The van der Waals surface area contributed by atoms with Gasteiger partial charge in [-0.05, 0) is 18.8 Å². The largest absolute Gasteiger partial charge is 0.397 e. The molecule has 0 aromatic heterocycles. The van der Waals surface area contributed by atoms with Crippen molar-refractivity contribution in [3.05, 3.63) is 0 Å². The number of hydrogen-bond donors (Lipinski definition) is 1. The molecule has 0 aromatic carbocycles. The second-order valence-corrected chi connectivity index (χ2v) is 6.84. The van der Waals surface area contributed by atoms with E-state index in [9.17, 15) is 8.42 Å². The highest BCUT2D eigenvalue weighted by Gasteiger charge is 2.16. The maximum Gasteiger partial charge on any atom is 0.397 e. The Morgan fingerprint density at radius 1 is 0.950 bits per heavy atom. The second kappa shape index (κ2) is 11.5. The van der Waals surface area contributed by atoms with Crippen molar-refractivity contribution in [2.75, 3.05) is 0 Å². The van der Waals surface area contributed by atoms with Gasteiger partial charge >= 0.3 is 10.4 Å². The molecule has 0 bridgehead atoms. The van der Waals surface area contributed by atoms with Gasteiger partial charge in [0.1, 0.15) is 0 Å². The standard InChI is InChI=1S/C15H32O4S/c1-4-6-8-12-15(19-20(16,17)18)13-10-7-9-11-14(3)5-2/h14-15H,4-13H2,1-3H3,(H,16,17,18). The first-order valence-electron chi connectivity index (χ1n) is 8.04. The minimum Gasteiger partial charge on any atom is -0.264 e. The third-order valence-corrected chi connectivity index (χ3v) is 4.32. The molecular formula is C15H32O4S. The van der Waals surface area contributed by atoms with Gasteiger partial charge in [0.25, 0.3) is 0 Å². The van der Waals surface area contributed by atoms with Crippen LogP contribution in [0.3, 0.4) is 0 Å². The van der Waals surface area contributed by atoms with Gasteiger partial charge < -0.3 is 0 Å². The van der Waals surface area contributed by atoms with Crippen LogP contribution in [0.5, 0.6) is 0 Å². The summed E-state index contributed by atoms with van der Waals surface area (Å²) in [6.45, 7) is 6.57. The van der Waals surface area contributed by atoms with Crippen molar-refractivity contribution in [3.63, 3.8) is 0 Å². The first-order valence-corrected chi connectivity index (χ1v) is 9.41. The molecule has 2 unspecified atom stereocenters. The van der Waals surface area contributed by atoms with Crippen molar-refractivity contribution in [2.45, 2.75) is 91.1 Å². The lowest BCUT2D eigenvalue weighted by molar-refractivity contribution is 0.157. The Labute approximate surface area is 125 Å². The lowest BCUT2D eigenvalue weighted by Crippen LogP contribution is -2.18. The maximum absolute atomic E-state index is 10.8. The molecule has 0 saturated carbocycles. The zero-order chi connectivity index (χ0) is 15.4. The van der Waals surface area contributed by atoms with Gasteiger partial charge in [-0.15, -0.1) is 0 Å². The van der Waals surface area contributed by atoms with Crippen LogP contribution in [0.1, 0.15) is 85.0 Å². The van der Waals surface area contributed by atoms with E-state index in [4.69, 9.17) is 8.74 Å². The van der Waals surface area contributed by atoms with Crippen LogP contribution in [-0.4, -0.2) is 19.1 Å². The van der Waals surface area contributed by atoms with E-state index in [1.807, 2.05) is 0 Å². The van der Waals surface area contributed by atoms with Crippen molar-refractivity contribution in [2.24, 2.45) is 5.92 Å². The Balaban J connectivity index is 3.90. The van der Waals surface area contributed by atoms with Crippen LogP contribution in [0.4, 0.5) is 0 Å². The fourth-order valence-corrected chi connectivity index (χ4v) is 2.82. The van der Waals surface area contributed by atoms with Crippen LogP contribution in [-0.2, 0) is 14.6 Å². The third kappa shape index (κ3) is 12.9. The molecule has 1 N–H and O–H groups in total. The molecule has 0 amide bonds.